The van der Waals surface area contributed by atoms with Crippen LogP contribution in [0.1, 0.15) is 12.0 Å². The number of rotatable bonds is 6. The van der Waals surface area contributed by atoms with Gasteiger partial charge in [0.15, 0.2) is 0 Å². The van der Waals surface area contributed by atoms with Crippen LogP contribution in [0.25, 0.3) is 55.0 Å². The van der Waals surface area contributed by atoms with E-state index < -0.39 is 0 Å². The summed E-state index contributed by atoms with van der Waals surface area (Å²) in [5.41, 5.74) is 13.2. The van der Waals surface area contributed by atoms with E-state index in [1.54, 1.807) is 0 Å². The lowest BCUT2D eigenvalue weighted by molar-refractivity contribution is 0.783. The SMILES string of the molecule is C1=CC2=CC(c3c(N(c4ccc(-c5ccccc5)cc4)c4cccc5c4c4ccccc4n5-c4ccccc4)ccc4ccccc34)=CCC2C=C1. The summed E-state index contributed by atoms with van der Waals surface area (Å²) >= 11 is 0. The molecular weight excluding hydrogens is 629 g/mol. The van der Waals surface area contributed by atoms with Crippen LogP contribution in [0.2, 0.25) is 0 Å². The van der Waals surface area contributed by atoms with Gasteiger partial charge in [0.05, 0.1) is 22.4 Å². The van der Waals surface area contributed by atoms with Crippen LogP contribution in [0.5, 0.6) is 0 Å². The van der Waals surface area contributed by atoms with Gasteiger partial charge in [0.1, 0.15) is 0 Å². The van der Waals surface area contributed by atoms with E-state index in [4.69, 9.17) is 0 Å². The normalized spacial score (nSPS) is 15.1. The van der Waals surface area contributed by atoms with Gasteiger partial charge in [-0.25, -0.2) is 0 Å². The molecule has 1 atom stereocenters. The number of hydrogen-bond acceptors (Lipinski definition) is 1. The topological polar surface area (TPSA) is 8.17 Å². The zero-order chi connectivity index (χ0) is 34.4. The second-order valence-electron chi connectivity index (χ2n) is 13.7. The second kappa shape index (κ2) is 12.6. The van der Waals surface area contributed by atoms with Crippen LogP contribution in [0.3, 0.4) is 0 Å². The first-order valence-electron chi connectivity index (χ1n) is 18.1. The molecule has 246 valence electrons. The number of nitrogens with zero attached hydrogens (tertiary/aromatic N) is 2. The van der Waals surface area contributed by atoms with E-state index in [1.807, 2.05) is 0 Å². The summed E-state index contributed by atoms with van der Waals surface area (Å²) in [6.45, 7) is 0. The van der Waals surface area contributed by atoms with E-state index in [9.17, 15) is 0 Å². The molecule has 0 amide bonds. The van der Waals surface area contributed by atoms with Crippen molar-refractivity contribution < 1.29 is 0 Å². The molecule has 1 aromatic heterocycles. The highest BCUT2D eigenvalue weighted by Crippen LogP contribution is 2.48. The molecule has 0 saturated heterocycles. The van der Waals surface area contributed by atoms with Crippen molar-refractivity contribution >= 4 is 55.2 Å². The van der Waals surface area contributed by atoms with Crippen molar-refractivity contribution in [1.29, 1.82) is 0 Å². The fourth-order valence-electron chi connectivity index (χ4n) is 8.27. The minimum absolute atomic E-state index is 0.423. The maximum absolute atomic E-state index is 2.50. The van der Waals surface area contributed by atoms with Gasteiger partial charge in [-0.1, -0.05) is 152 Å². The van der Waals surface area contributed by atoms with Crippen molar-refractivity contribution in [3.8, 4) is 16.8 Å². The first-order chi connectivity index (χ1) is 25.8. The summed E-state index contributed by atoms with van der Waals surface area (Å²) in [4.78, 5) is 2.50. The van der Waals surface area contributed by atoms with Crippen molar-refractivity contribution in [3.05, 3.63) is 211 Å². The molecule has 0 bridgehead atoms. The lowest BCUT2D eigenvalue weighted by Gasteiger charge is -2.31. The molecule has 2 heteroatoms. The molecule has 10 rings (SSSR count). The van der Waals surface area contributed by atoms with Crippen molar-refractivity contribution in [1.82, 2.24) is 4.57 Å². The van der Waals surface area contributed by atoms with E-state index in [0.717, 1.165) is 29.2 Å². The predicted molar refractivity (Wildman–Crippen MR) is 221 cm³/mol. The van der Waals surface area contributed by atoms with E-state index in [0.29, 0.717) is 5.92 Å². The molecule has 1 unspecified atom stereocenters. The molecule has 0 fully saturated rings. The van der Waals surface area contributed by atoms with E-state index in [2.05, 4.69) is 210 Å². The lowest BCUT2D eigenvalue weighted by Crippen LogP contribution is -2.14. The van der Waals surface area contributed by atoms with Gasteiger partial charge in [0.25, 0.3) is 0 Å². The van der Waals surface area contributed by atoms with Gasteiger partial charge < -0.3 is 9.47 Å². The van der Waals surface area contributed by atoms with E-state index >= 15 is 0 Å². The van der Waals surface area contributed by atoms with Gasteiger partial charge in [0.2, 0.25) is 0 Å². The number of benzene rings is 7. The van der Waals surface area contributed by atoms with Gasteiger partial charge in [0, 0.05) is 33.6 Å². The minimum Gasteiger partial charge on any atom is -0.309 e. The molecule has 0 aliphatic heterocycles. The van der Waals surface area contributed by atoms with Crippen molar-refractivity contribution in [2.45, 2.75) is 6.42 Å². The maximum atomic E-state index is 2.50. The third-order valence-corrected chi connectivity index (χ3v) is 10.7. The molecule has 52 heavy (non-hydrogen) atoms. The monoisotopic (exact) mass is 664 g/mol. The number of para-hydroxylation sites is 2. The molecular formula is C50H36N2. The summed E-state index contributed by atoms with van der Waals surface area (Å²) in [6, 6.07) is 59.5. The van der Waals surface area contributed by atoms with Gasteiger partial charge in [-0.3, -0.25) is 0 Å². The Morgan fingerprint density at radius 2 is 1.25 bits per heavy atom. The largest absolute Gasteiger partial charge is 0.309 e. The van der Waals surface area contributed by atoms with Gasteiger partial charge in [-0.15, -0.1) is 0 Å². The summed E-state index contributed by atoms with van der Waals surface area (Å²) in [5, 5.41) is 4.94. The van der Waals surface area contributed by atoms with Crippen molar-refractivity contribution in [2.75, 3.05) is 4.90 Å². The third kappa shape index (κ3) is 5.03. The summed E-state index contributed by atoms with van der Waals surface area (Å²) < 4.78 is 2.41. The Hall–Kier alpha value is -6.64. The van der Waals surface area contributed by atoms with E-state index in [-0.39, 0.29) is 0 Å². The molecule has 1 heterocycles. The fourth-order valence-corrected chi connectivity index (χ4v) is 8.27. The number of aromatic nitrogens is 1. The lowest BCUT2D eigenvalue weighted by atomic mass is 9.82. The summed E-state index contributed by atoms with van der Waals surface area (Å²) in [5.74, 6) is 0.423. The Labute approximate surface area is 304 Å². The molecule has 0 saturated carbocycles. The van der Waals surface area contributed by atoms with Gasteiger partial charge in [-0.2, -0.15) is 0 Å². The molecule has 0 radical (unpaired) electrons. The van der Waals surface area contributed by atoms with Crippen LogP contribution in [0.4, 0.5) is 17.1 Å². The number of allylic oxidation sites excluding steroid dienone is 8. The average molecular weight is 665 g/mol. The molecule has 8 aromatic rings. The predicted octanol–water partition coefficient (Wildman–Crippen LogP) is 13.5. The van der Waals surface area contributed by atoms with E-state index in [1.165, 1.54) is 60.4 Å². The smallest absolute Gasteiger partial charge is 0.0562 e. The molecule has 7 aromatic carbocycles. The first kappa shape index (κ1) is 30.2. The highest BCUT2D eigenvalue weighted by Gasteiger charge is 2.26. The zero-order valence-corrected chi connectivity index (χ0v) is 28.7. The van der Waals surface area contributed by atoms with Crippen molar-refractivity contribution in [2.24, 2.45) is 5.92 Å². The Morgan fingerprint density at radius 1 is 0.538 bits per heavy atom. The van der Waals surface area contributed by atoms with Crippen molar-refractivity contribution in [3.63, 3.8) is 0 Å². The van der Waals surface area contributed by atoms with Crippen LogP contribution in [0, 0.1) is 5.92 Å². The highest BCUT2D eigenvalue weighted by atomic mass is 15.2. The molecule has 2 aliphatic rings. The Morgan fingerprint density at radius 3 is 2.10 bits per heavy atom. The molecule has 0 spiro atoms. The van der Waals surface area contributed by atoms with Gasteiger partial charge in [-0.05, 0) is 88.0 Å². The Bertz CT molecular complexity index is 2740. The van der Waals surface area contributed by atoms with Crippen LogP contribution in [-0.2, 0) is 0 Å². The van der Waals surface area contributed by atoms with Gasteiger partial charge >= 0.3 is 0 Å². The van der Waals surface area contributed by atoms with Crippen LogP contribution in [-0.4, -0.2) is 4.57 Å². The average Bonchev–Trinajstić information content (AvgIpc) is 3.56. The Balaban J connectivity index is 1.27. The van der Waals surface area contributed by atoms with Crippen LogP contribution < -0.4 is 4.90 Å². The Kier molecular flexibility index (Phi) is 7.32. The molecule has 2 nitrogen and oxygen atoms in total. The fraction of sp³-hybridized carbons (Fsp3) is 0.0400. The standard InChI is InChI=1S/C50H36N2/c1-3-14-35(15-4-1)37-28-31-42(32-29-37)52(47-25-13-24-46-50(47)44-22-11-12-23-45(44)51(46)41-19-5-2-6-20-41)48-33-30-38-17-9-10-21-43(38)49(48)40-27-26-36-16-7-8-18-39(36)34-40/h1-25,27-34,36H,26H2. The third-order valence-electron chi connectivity index (χ3n) is 10.7. The molecule has 0 N–H and O–H groups in total. The number of hydrogen-bond donors (Lipinski definition) is 0. The minimum atomic E-state index is 0.423. The second-order valence-corrected chi connectivity index (χ2v) is 13.7. The number of anilines is 3. The van der Waals surface area contributed by atoms with Crippen LogP contribution in [0.15, 0.2) is 206 Å². The summed E-state index contributed by atoms with van der Waals surface area (Å²) in [7, 11) is 0. The summed E-state index contributed by atoms with van der Waals surface area (Å²) in [6.07, 6.45) is 14.8. The quantitative estimate of drug-likeness (QED) is 0.172. The maximum Gasteiger partial charge on any atom is 0.0562 e. The first-order valence-corrected chi connectivity index (χ1v) is 18.1. The highest BCUT2D eigenvalue weighted by molar-refractivity contribution is 6.17. The molecule has 2 aliphatic carbocycles. The zero-order valence-electron chi connectivity index (χ0n) is 28.7. The number of fused-ring (bicyclic) bond motifs is 5. The van der Waals surface area contributed by atoms with Crippen LogP contribution >= 0.6 is 0 Å².